The van der Waals surface area contributed by atoms with E-state index in [1.165, 1.54) is 6.07 Å². The summed E-state index contributed by atoms with van der Waals surface area (Å²) in [5.41, 5.74) is 7.50. The van der Waals surface area contributed by atoms with Crippen molar-refractivity contribution in [2.45, 2.75) is 6.54 Å². The molecule has 2 N–H and O–H groups in total. The average molecular weight is 403 g/mol. The second kappa shape index (κ2) is 7.06. The number of hydrogen-bond acceptors (Lipinski definition) is 3. The highest BCUT2D eigenvalue weighted by atomic mass is 79.9. The minimum atomic E-state index is -0.799. The fourth-order valence-electron chi connectivity index (χ4n) is 2.63. The second-order valence-electron chi connectivity index (χ2n) is 5.63. The maximum Gasteiger partial charge on any atom is 0.253 e. The van der Waals surface area contributed by atoms with Crippen molar-refractivity contribution in [3.05, 3.63) is 76.3 Å². The van der Waals surface area contributed by atoms with E-state index in [0.29, 0.717) is 16.7 Å². The smallest absolute Gasteiger partial charge is 0.253 e. The minimum absolute atomic E-state index is 0.124. The summed E-state index contributed by atoms with van der Waals surface area (Å²) in [6, 6.07) is 12.6. The number of carbonyl (C=O) groups excluding carboxylic acids is 1. The monoisotopic (exact) mass is 402 g/mol. The third-order valence-corrected chi connectivity index (χ3v) is 4.23. The number of anilines is 1. The van der Waals surface area contributed by atoms with Gasteiger partial charge in [-0.3, -0.25) is 4.79 Å². The maximum atomic E-state index is 14.1. The number of amides is 1. The zero-order chi connectivity index (χ0) is 18.0. The molecule has 0 saturated heterocycles. The van der Waals surface area contributed by atoms with Crippen LogP contribution in [0.25, 0.3) is 5.69 Å². The molecule has 7 heteroatoms. The van der Waals surface area contributed by atoms with Crippen LogP contribution >= 0.6 is 15.9 Å². The second-order valence-corrected chi connectivity index (χ2v) is 6.55. The van der Waals surface area contributed by atoms with Gasteiger partial charge in [0.15, 0.2) is 0 Å². The average Bonchev–Trinajstić information content (AvgIpc) is 3.03. The zero-order valence-corrected chi connectivity index (χ0v) is 15.1. The number of aromatic nitrogens is 2. The van der Waals surface area contributed by atoms with Gasteiger partial charge >= 0.3 is 0 Å². The van der Waals surface area contributed by atoms with E-state index < -0.39 is 11.7 Å². The normalized spacial score (nSPS) is 10.7. The highest BCUT2D eigenvalue weighted by Crippen LogP contribution is 2.28. The van der Waals surface area contributed by atoms with Crippen LogP contribution in [-0.2, 0) is 6.54 Å². The van der Waals surface area contributed by atoms with E-state index in [0.717, 1.165) is 11.3 Å². The Hall–Kier alpha value is -2.67. The molecule has 0 aliphatic carbocycles. The van der Waals surface area contributed by atoms with Crippen LogP contribution in [0.1, 0.15) is 15.9 Å². The Bertz CT molecular complexity index is 911. The summed E-state index contributed by atoms with van der Waals surface area (Å²) >= 11 is 3.25. The van der Waals surface area contributed by atoms with E-state index in [9.17, 15) is 9.18 Å². The molecule has 2 aromatic carbocycles. The molecule has 3 aromatic rings. The number of hydrogen-bond donors (Lipinski definition) is 1. The van der Waals surface area contributed by atoms with E-state index in [2.05, 4.69) is 21.0 Å². The summed E-state index contributed by atoms with van der Waals surface area (Å²) in [7, 11) is 1.77. The van der Waals surface area contributed by atoms with Gasteiger partial charge in [-0.05, 0) is 24.3 Å². The molecular formula is C18H16BrFN4O. The largest absolute Gasteiger partial charge is 0.369 e. The number of para-hydroxylation sites is 1. The molecule has 0 saturated carbocycles. The molecule has 0 aliphatic heterocycles. The Balaban J connectivity index is 1.87. The van der Waals surface area contributed by atoms with Gasteiger partial charge in [-0.2, -0.15) is 5.10 Å². The summed E-state index contributed by atoms with van der Waals surface area (Å²) < 4.78 is 16.4. The Labute approximate surface area is 153 Å². The maximum absolute atomic E-state index is 14.1. The van der Waals surface area contributed by atoms with Crippen LogP contribution in [0, 0.1) is 5.82 Å². The summed E-state index contributed by atoms with van der Waals surface area (Å²) in [4.78, 5) is 13.4. The van der Waals surface area contributed by atoms with E-state index in [1.54, 1.807) is 28.9 Å². The molecule has 25 heavy (non-hydrogen) atoms. The van der Waals surface area contributed by atoms with Gasteiger partial charge in [-0.25, -0.2) is 9.07 Å². The van der Waals surface area contributed by atoms with E-state index in [1.807, 2.05) is 36.5 Å². The number of rotatable bonds is 5. The first-order valence-electron chi connectivity index (χ1n) is 7.54. The number of halogens is 2. The van der Waals surface area contributed by atoms with Gasteiger partial charge < -0.3 is 10.6 Å². The van der Waals surface area contributed by atoms with Crippen molar-refractivity contribution in [3.8, 4) is 5.69 Å². The summed E-state index contributed by atoms with van der Waals surface area (Å²) in [6.07, 6.45) is 3.63. The van der Waals surface area contributed by atoms with Crippen molar-refractivity contribution in [1.29, 1.82) is 0 Å². The van der Waals surface area contributed by atoms with Gasteiger partial charge in [0.05, 0.1) is 23.1 Å². The number of nitrogens with two attached hydrogens (primary N) is 1. The molecule has 0 aliphatic rings. The lowest BCUT2D eigenvalue weighted by Gasteiger charge is -2.21. The van der Waals surface area contributed by atoms with Crippen LogP contribution in [0.2, 0.25) is 0 Å². The Morgan fingerprint density at radius 3 is 2.72 bits per heavy atom. The third kappa shape index (κ3) is 3.71. The van der Waals surface area contributed by atoms with Crippen LogP contribution in [0.15, 0.2) is 59.3 Å². The van der Waals surface area contributed by atoms with Crippen molar-refractivity contribution in [2.75, 3.05) is 11.9 Å². The van der Waals surface area contributed by atoms with Crippen LogP contribution < -0.4 is 10.6 Å². The lowest BCUT2D eigenvalue weighted by molar-refractivity contribution is 0.0997. The lowest BCUT2D eigenvalue weighted by Crippen LogP contribution is -2.23. The molecule has 1 heterocycles. The number of benzene rings is 2. The van der Waals surface area contributed by atoms with Crippen molar-refractivity contribution in [2.24, 2.45) is 5.73 Å². The van der Waals surface area contributed by atoms with Crippen LogP contribution in [0.5, 0.6) is 0 Å². The predicted molar refractivity (Wildman–Crippen MR) is 98.3 cm³/mol. The molecule has 5 nitrogen and oxygen atoms in total. The van der Waals surface area contributed by atoms with Crippen molar-refractivity contribution in [3.63, 3.8) is 0 Å². The molecule has 0 unspecified atom stereocenters. The third-order valence-electron chi connectivity index (χ3n) is 3.77. The zero-order valence-electron chi connectivity index (χ0n) is 13.5. The predicted octanol–water partition coefficient (Wildman–Crippen LogP) is 3.51. The first kappa shape index (κ1) is 17.2. The van der Waals surface area contributed by atoms with Gasteiger partial charge in [0, 0.05) is 29.8 Å². The van der Waals surface area contributed by atoms with Crippen LogP contribution in [0.4, 0.5) is 10.1 Å². The SMILES string of the molecule is CN(Cc1cnn(-c2ccccc2)c1)c1cc(Br)cc(F)c1C(N)=O. The molecular weight excluding hydrogens is 387 g/mol. The molecule has 1 amide bonds. The Morgan fingerprint density at radius 1 is 1.32 bits per heavy atom. The molecule has 0 radical (unpaired) electrons. The van der Waals surface area contributed by atoms with E-state index in [-0.39, 0.29) is 5.56 Å². The highest BCUT2D eigenvalue weighted by molar-refractivity contribution is 9.10. The summed E-state index contributed by atoms with van der Waals surface area (Å²) in [5, 5.41) is 4.34. The molecule has 0 fully saturated rings. The Morgan fingerprint density at radius 2 is 2.04 bits per heavy atom. The topological polar surface area (TPSA) is 64.2 Å². The van der Waals surface area contributed by atoms with Crippen LogP contribution in [-0.4, -0.2) is 22.7 Å². The highest BCUT2D eigenvalue weighted by Gasteiger charge is 2.19. The van der Waals surface area contributed by atoms with E-state index in [4.69, 9.17) is 5.73 Å². The lowest BCUT2D eigenvalue weighted by atomic mass is 10.1. The first-order valence-corrected chi connectivity index (χ1v) is 8.34. The molecule has 128 valence electrons. The molecule has 0 spiro atoms. The van der Waals surface area contributed by atoms with Gasteiger partial charge in [0.2, 0.25) is 0 Å². The Kier molecular flexibility index (Phi) is 4.85. The molecule has 1 aromatic heterocycles. The quantitative estimate of drug-likeness (QED) is 0.709. The number of carbonyl (C=O) groups is 1. The molecule has 0 atom stereocenters. The summed E-state index contributed by atoms with van der Waals surface area (Å²) in [5.74, 6) is -1.45. The molecule has 3 rings (SSSR count). The number of nitrogens with zero attached hydrogens (tertiary/aromatic N) is 3. The van der Waals surface area contributed by atoms with Gasteiger partial charge in [0.25, 0.3) is 5.91 Å². The minimum Gasteiger partial charge on any atom is -0.369 e. The van der Waals surface area contributed by atoms with Gasteiger partial charge in [-0.15, -0.1) is 0 Å². The fourth-order valence-corrected chi connectivity index (χ4v) is 3.05. The first-order chi connectivity index (χ1) is 12.0. The van der Waals surface area contributed by atoms with Crippen molar-refractivity contribution in [1.82, 2.24) is 9.78 Å². The molecule has 0 bridgehead atoms. The van der Waals surface area contributed by atoms with E-state index >= 15 is 0 Å². The number of primary amides is 1. The standard InChI is InChI=1S/C18H16BrFN4O/c1-23(16-8-13(19)7-15(20)17(16)18(21)25)10-12-9-22-24(11-12)14-5-3-2-4-6-14/h2-9,11H,10H2,1H3,(H2,21,25). The van der Waals surface area contributed by atoms with Gasteiger partial charge in [-0.1, -0.05) is 34.1 Å². The van der Waals surface area contributed by atoms with Crippen molar-refractivity contribution < 1.29 is 9.18 Å². The van der Waals surface area contributed by atoms with Crippen molar-refractivity contribution >= 4 is 27.5 Å². The van der Waals surface area contributed by atoms with Gasteiger partial charge in [0.1, 0.15) is 5.82 Å². The van der Waals surface area contributed by atoms with Crippen LogP contribution in [0.3, 0.4) is 0 Å². The fraction of sp³-hybridized carbons (Fsp3) is 0.111. The summed E-state index contributed by atoms with van der Waals surface area (Å²) in [6.45, 7) is 0.447.